The van der Waals surface area contributed by atoms with E-state index in [-0.39, 0.29) is 16.6 Å². The molecule has 0 radical (unpaired) electrons. The van der Waals surface area contributed by atoms with Gasteiger partial charge in [0.15, 0.2) is 0 Å². The molecule has 2 rings (SSSR count). The zero-order valence-electron chi connectivity index (χ0n) is 18.0. The Morgan fingerprint density at radius 2 is 1.84 bits per heavy atom. The van der Waals surface area contributed by atoms with E-state index < -0.39 is 16.1 Å². The Balaban J connectivity index is 2.02. The number of urea groups is 1. The Bertz CT molecular complexity index is 1090. The normalized spacial score (nSPS) is 11.2. The van der Waals surface area contributed by atoms with Crippen LogP contribution >= 0.6 is 0 Å². The van der Waals surface area contributed by atoms with Crippen LogP contribution in [0.1, 0.15) is 22.3 Å². The van der Waals surface area contributed by atoms with Gasteiger partial charge in [-0.3, -0.25) is 4.79 Å². The van der Waals surface area contributed by atoms with Gasteiger partial charge in [0, 0.05) is 19.7 Å². The molecule has 0 aliphatic heterocycles. The highest BCUT2D eigenvalue weighted by molar-refractivity contribution is 7.90. The smallest absolute Gasteiger partial charge is 0.328 e. The van der Waals surface area contributed by atoms with Gasteiger partial charge in [0.2, 0.25) is 5.91 Å². The number of hydrogen-bond acceptors (Lipinski definition) is 5. The summed E-state index contributed by atoms with van der Waals surface area (Å²) < 4.78 is 31.9. The predicted octanol–water partition coefficient (Wildman–Crippen LogP) is 2.30. The van der Waals surface area contributed by atoms with Gasteiger partial charge in [-0.15, -0.1) is 0 Å². The number of aryl methyl sites for hydroxylation is 2. The first-order valence-corrected chi connectivity index (χ1v) is 11.1. The summed E-state index contributed by atoms with van der Waals surface area (Å²) in [5, 5.41) is 4.97. The number of hydrogen-bond donors (Lipinski definition) is 3. The highest BCUT2D eigenvalue weighted by atomic mass is 32.2. The maximum absolute atomic E-state index is 12.5. The van der Waals surface area contributed by atoms with Crippen molar-refractivity contribution < 1.29 is 22.7 Å². The van der Waals surface area contributed by atoms with E-state index in [2.05, 4.69) is 10.6 Å². The van der Waals surface area contributed by atoms with E-state index in [9.17, 15) is 18.0 Å². The van der Waals surface area contributed by atoms with Crippen molar-refractivity contribution in [2.24, 2.45) is 0 Å². The molecule has 0 unspecified atom stereocenters. The second-order valence-corrected chi connectivity index (χ2v) is 8.56. The van der Waals surface area contributed by atoms with Crippen molar-refractivity contribution in [3.8, 4) is 5.75 Å². The van der Waals surface area contributed by atoms with Gasteiger partial charge in [0.05, 0.1) is 7.11 Å². The highest BCUT2D eigenvalue weighted by Crippen LogP contribution is 2.25. The summed E-state index contributed by atoms with van der Waals surface area (Å²) in [5.74, 6) is -0.136. The second kappa shape index (κ2) is 10.6. The largest absolute Gasteiger partial charge is 0.495 e. The SMILES string of the molecule is CNC(=O)NS(=O)(=O)c1cc(CCNC(=O)C=Cc2ccc(C)cc2C)ccc1OC. The molecule has 0 atom stereocenters. The number of amides is 3. The zero-order valence-corrected chi connectivity index (χ0v) is 18.8. The molecular weight excluding hydrogens is 418 g/mol. The van der Waals surface area contributed by atoms with Crippen molar-refractivity contribution in [1.29, 1.82) is 0 Å². The third kappa shape index (κ3) is 6.85. The van der Waals surface area contributed by atoms with Crippen LogP contribution in [0.3, 0.4) is 0 Å². The molecular formula is C22H27N3O5S. The van der Waals surface area contributed by atoms with E-state index in [4.69, 9.17) is 4.74 Å². The molecule has 0 saturated carbocycles. The monoisotopic (exact) mass is 445 g/mol. The maximum Gasteiger partial charge on any atom is 0.328 e. The average Bonchev–Trinajstić information content (AvgIpc) is 2.72. The number of sulfonamides is 1. The number of carbonyl (C=O) groups is 2. The highest BCUT2D eigenvalue weighted by Gasteiger charge is 2.22. The topological polar surface area (TPSA) is 114 Å². The van der Waals surface area contributed by atoms with Crippen molar-refractivity contribution >= 4 is 28.0 Å². The summed E-state index contributed by atoms with van der Waals surface area (Å²) in [6, 6.07) is 9.77. The van der Waals surface area contributed by atoms with E-state index in [1.165, 1.54) is 32.4 Å². The second-order valence-electron chi connectivity index (χ2n) is 6.90. The van der Waals surface area contributed by atoms with Crippen LogP contribution in [0.15, 0.2) is 47.4 Å². The quantitative estimate of drug-likeness (QED) is 0.540. The van der Waals surface area contributed by atoms with Gasteiger partial charge in [-0.25, -0.2) is 17.9 Å². The van der Waals surface area contributed by atoms with E-state index in [0.717, 1.165) is 16.7 Å². The molecule has 31 heavy (non-hydrogen) atoms. The molecule has 2 aromatic rings. The number of nitrogens with one attached hydrogen (secondary N) is 3. The van der Waals surface area contributed by atoms with Crippen LogP contribution < -0.4 is 20.1 Å². The fraction of sp³-hybridized carbons (Fsp3) is 0.273. The number of methoxy groups -OCH3 is 1. The number of benzene rings is 2. The first kappa shape index (κ1) is 23.9. The summed E-state index contributed by atoms with van der Waals surface area (Å²) in [4.78, 5) is 23.4. The molecule has 166 valence electrons. The van der Waals surface area contributed by atoms with Crippen LogP contribution in [0.4, 0.5) is 4.79 Å². The average molecular weight is 446 g/mol. The van der Waals surface area contributed by atoms with Gasteiger partial charge < -0.3 is 15.4 Å². The number of carbonyl (C=O) groups excluding carboxylic acids is 2. The molecule has 0 aliphatic carbocycles. The molecule has 0 fully saturated rings. The van der Waals surface area contributed by atoms with E-state index in [0.29, 0.717) is 18.5 Å². The first-order valence-electron chi connectivity index (χ1n) is 9.61. The lowest BCUT2D eigenvalue weighted by molar-refractivity contribution is -0.116. The Morgan fingerprint density at radius 1 is 1.10 bits per heavy atom. The van der Waals surface area contributed by atoms with Gasteiger partial charge in [-0.1, -0.05) is 29.8 Å². The van der Waals surface area contributed by atoms with Crippen LogP contribution in [-0.2, 0) is 21.2 Å². The molecule has 9 heteroatoms. The van der Waals surface area contributed by atoms with Crippen LogP contribution in [-0.4, -0.2) is 41.1 Å². The lowest BCUT2D eigenvalue weighted by Gasteiger charge is -2.12. The van der Waals surface area contributed by atoms with Gasteiger partial charge >= 0.3 is 6.03 Å². The third-order valence-corrected chi connectivity index (χ3v) is 5.88. The molecule has 0 heterocycles. The fourth-order valence-electron chi connectivity index (χ4n) is 2.88. The molecule has 3 N–H and O–H groups in total. The van der Waals surface area contributed by atoms with E-state index in [1.54, 1.807) is 12.1 Å². The van der Waals surface area contributed by atoms with E-state index in [1.807, 2.05) is 36.8 Å². The number of rotatable bonds is 8. The van der Waals surface area contributed by atoms with E-state index >= 15 is 0 Å². The molecule has 0 aliphatic rings. The standard InChI is InChI=1S/C22H27N3O5S/c1-15-5-7-18(16(2)13-15)8-10-21(26)24-12-11-17-6-9-19(30-4)20(14-17)31(28,29)25-22(27)23-3/h5-10,13-14H,11-12H2,1-4H3,(H,24,26)(H2,23,25,27). The predicted molar refractivity (Wildman–Crippen MR) is 119 cm³/mol. The van der Waals surface area contributed by atoms with Gasteiger partial charge in [0.1, 0.15) is 10.6 Å². The van der Waals surface area contributed by atoms with Gasteiger partial charge in [0.25, 0.3) is 10.0 Å². The summed E-state index contributed by atoms with van der Waals surface area (Å²) in [6.45, 7) is 4.31. The van der Waals surface area contributed by atoms with Crippen molar-refractivity contribution in [2.75, 3.05) is 20.7 Å². The van der Waals surface area contributed by atoms with Gasteiger partial charge in [-0.05, 0) is 55.2 Å². The fourth-order valence-corrected chi connectivity index (χ4v) is 4.06. The Kier molecular flexibility index (Phi) is 8.21. The third-order valence-electron chi connectivity index (χ3n) is 4.52. The van der Waals surface area contributed by atoms with Crippen molar-refractivity contribution in [2.45, 2.75) is 25.2 Å². The summed E-state index contributed by atoms with van der Waals surface area (Å²) >= 11 is 0. The van der Waals surface area contributed by atoms with Crippen molar-refractivity contribution in [3.05, 3.63) is 64.7 Å². The summed E-state index contributed by atoms with van der Waals surface area (Å²) in [5.41, 5.74) is 3.87. The lowest BCUT2D eigenvalue weighted by atomic mass is 10.1. The molecule has 0 bridgehead atoms. The summed E-state index contributed by atoms with van der Waals surface area (Å²) in [7, 11) is -1.45. The minimum atomic E-state index is -4.11. The van der Waals surface area contributed by atoms with Crippen LogP contribution in [0.2, 0.25) is 0 Å². The molecule has 0 aromatic heterocycles. The van der Waals surface area contributed by atoms with Crippen LogP contribution in [0, 0.1) is 13.8 Å². The lowest BCUT2D eigenvalue weighted by Crippen LogP contribution is -2.37. The minimum Gasteiger partial charge on any atom is -0.495 e. The molecule has 8 nitrogen and oxygen atoms in total. The molecule has 0 saturated heterocycles. The van der Waals surface area contributed by atoms with Crippen molar-refractivity contribution in [1.82, 2.24) is 15.4 Å². The minimum absolute atomic E-state index is 0.112. The molecule has 3 amide bonds. The maximum atomic E-state index is 12.5. The van der Waals surface area contributed by atoms with Crippen LogP contribution in [0.25, 0.3) is 6.08 Å². The Labute approximate surface area is 182 Å². The zero-order chi connectivity index (χ0) is 23.0. The molecule has 0 spiro atoms. The Hall–Kier alpha value is -3.33. The van der Waals surface area contributed by atoms with Gasteiger partial charge in [-0.2, -0.15) is 0 Å². The number of ether oxygens (including phenoxy) is 1. The Morgan fingerprint density at radius 3 is 2.48 bits per heavy atom. The first-order chi connectivity index (χ1) is 14.7. The molecule has 2 aromatic carbocycles. The van der Waals surface area contributed by atoms with Crippen molar-refractivity contribution in [3.63, 3.8) is 0 Å². The summed E-state index contributed by atoms with van der Waals surface area (Å²) in [6.07, 6.45) is 3.62. The van der Waals surface area contributed by atoms with Crippen LogP contribution in [0.5, 0.6) is 5.75 Å².